The van der Waals surface area contributed by atoms with E-state index in [9.17, 15) is 13.2 Å². The maximum Gasteiger partial charge on any atom is 0.586 e. The molecule has 0 saturated heterocycles. The Bertz CT molecular complexity index is 974. The first-order valence-corrected chi connectivity index (χ1v) is 9.03. The normalized spacial score (nSPS) is 12.2. The molecule has 0 nitrogen and oxygen atoms in total. The molecule has 0 spiro atoms. The Morgan fingerprint density at radius 1 is 0.520 bits per heavy atom. The molecule has 0 aliphatic carbocycles. The van der Waals surface area contributed by atoms with E-state index in [-0.39, 0.29) is 0 Å². The largest absolute Gasteiger partial charge is 0.586 e. The zero-order chi connectivity index (χ0) is 17.4. The second-order valence-electron chi connectivity index (χ2n) is 5.77. The third-order valence-electron chi connectivity index (χ3n) is 4.14. The van der Waals surface area contributed by atoms with Gasteiger partial charge in [-0.2, -0.15) is 0 Å². The van der Waals surface area contributed by atoms with E-state index in [4.69, 9.17) is 0 Å². The maximum atomic E-state index is 13.9. The van der Waals surface area contributed by atoms with Crippen LogP contribution in [-0.2, 0) is 10.9 Å². The smallest absolute Gasteiger partial charge is 0.122 e. The summed E-state index contributed by atoms with van der Waals surface area (Å²) in [4.78, 5) is 0.586. The van der Waals surface area contributed by atoms with Crippen molar-refractivity contribution >= 4 is 32.4 Å². The first-order valence-electron chi connectivity index (χ1n) is 7.81. The third kappa shape index (κ3) is 3.10. The number of alkyl halides is 3. The topological polar surface area (TPSA) is 0 Å². The van der Waals surface area contributed by atoms with E-state index in [0.717, 1.165) is 21.5 Å². The number of rotatable bonds is 2. The van der Waals surface area contributed by atoms with Crippen LogP contribution in [0.4, 0.5) is 13.2 Å². The molecule has 0 heterocycles. The van der Waals surface area contributed by atoms with E-state index < -0.39 is 16.4 Å². The summed E-state index contributed by atoms with van der Waals surface area (Å²) in [5.74, 6) is 0. The summed E-state index contributed by atoms with van der Waals surface area (Å²) in [6, 6.07) is 25.0. The van der Waals surface area contributed by atoms with E-state index in [2.05, 4.69) is 0 Å². The van der Waals surface area contributed by atoms with E-state index >= 15 is 0 Å². The van der Waals surface area contributed by atoms with E-state index in [1.54, 1.807) is 36.4 Å². The van der Waals surface area contributed by atoms with Gasteiger partial charge in [0, 0.05) is 12.1 Å². The summed E-state index contributed by atoms with van der Waals surface area (Å²) in [5, 5.41) is 3.52. The second-order valence-corrected chi connectivity index (χ2v) is 7.79. The van der Waals surface area contributed by atoms with Crippen LogP contribution in [0.1, 0.15) is 0 Å². The second kappa shape index (κ2) is 6.12. The first-order chi connectivity index (χ1) is 12.0. The molecule has 4 rings (SSSR count). The minimum atomic E-state index is -4.33. The lowest BCUT2D eigenvalue weighted by Crippen LogP contribution is -2.24. The molecule has 0 aliphatic rings. The third-order valence-corrected chi connectivity index (χ3v) is 6.06. The molecular formula is C21H14F3S+. The molecule has 0 radical (unpaired) electrons. The molecule has 25 heavy (non-hydrogen) atoms. The molecule has 0 bridgehead atoms. The Morgan fingerprint density at radius 3 is 1.32 bits per heavy atom. The molecule has 4 aromatic rings. The van der Waals surface area contributed by atoms with Crippen molar-refractivity contribution in [3.63, 3.8) is 0 Å². The van der Waals surface area contributed by atoms with Crippen LogP contribution in [0.15, 0.2) is 94.7 Å². The fourth-order valence-electron chi connectivity index (χ4n) is 2.99. The predicted octanol–water partition coefficient (Wildman–Crippen LogP) is 6.55. The lowest BCUT2D eigenvalue weighted by molar-refractivity contribution is -0.0370. The molecule has 0 aromatic heterocycles. The molecule has 4 aromatic carbocycles. The lowest BCUT2D eigenvalue weighted by atomic mass is 10.1. The van der Waals surface area contributed by atoms with Gasteiger partial charge in [0.2, 0.25) is 0 Å². The molecule has 0 unspecified atom stereocenters. The van der Waals surface area contributed by atoms with Gasteiger partial charge in [0.25, 0.3) is 0 Å². The number of benzene rings is 4. The van der Waals surface area contributed by atoms with Gasteiger partial charge in [-0.05, 0) is 45.8 Å². The van der Waals surface area contributed by atoms with Crippen LogP contribution in [0.2, 0.25) is 0 Å². The first kappa shape index (κ1) is 16.0. The van der Waals surface area contributed by atoms with Gasteiger partial charge in [-0.1, -0.05) is 48.5 Å². The highest BCUT2D eigenvalue weighted by atomic mass is 32.2. The predicted molar refractivity (Wildman–Crippen MR) is 97.8 cm³/mol. The van der Waals surface area contributed by atoms with Crippen LogP contribution in [0, 0.1) is 0 Å². The lowest BCUT2D eigenvalue weighted by Gasteiger charge is -2.11. The molecule has 0 N–H and O–H groups in total. The summed E-state index contributed by atoms with van der Waals surface area (Å²) in [6.45, 7) is 0. The van der Waals surface area contributed by atoms with Crippen molar-refractivity contribution in [2.24, 2.45) is 0 Å². The highest BCUT2D eigenvalue weighted by molar-refractivity contribution is 7.97. The van der Waals surface area contributed by atoms with Crippen LogP contribution in [0.5, 0.6) is 0 Å². The SMILES string of the molecule is FC(F)(F)[S+](c1ccc2ccccc2c1)c1ccc2ccccc2c1. The Hall–Kier alpha value is -2.46. The average Bonchev–Trinajstić information content (AvgIpc) is 2.60. The summed E-state index contributed by atoms with van der Waals surface area (Å²) < 4.78 is 41.7. The fourth-order valence-corrected chi connectivity index (χ4v) is 4.70. The van der Waals surface area contributed by atoms with Gasteiger partial charge in [-0.25, -0.2) is 0 Å². The van der Waals surface area contributed by atoms with Crippen molar-refractivity contribution < 1.29 is 13.2 Å². The number of fused-ring (bicyclic) bond motifs is 2. The van der Waals surface area contributed by atoms with E-state index in [1.165, 1.54) is 0 Å². The Balaban J connectivity index is 1.89. The minimum Gasteiger partial charge on any atom is -0.122 e. The van der Waals surface area contributed by atoms with Crippen molar-refractivity contribution in [3.05, 3.63) is 84.9 Å². The molecular weight excluding hydrogens is 341 g/mol. The Labute approximate surface area is 146 Å². The van der Waals surface area contributed by atoms with Crippen LogP contribution >= 0.6 is 0 Å². The summed E-state index contributed by atoms with van der Waals surface area (Å²) in [7, 11) is -1.98. The van der Waals surface area contributed by atoms with Crippen LogP contribution in [0.3, 0.4) is 0 Å². The van der Waals surface area contributed by atoms with E-state index in [0.29, 0.717) is 9.79 Å². The average molecular weight is 355 g/mol. The Morgan fingerprint density at radius 2 is 0.920 bits per heavy atom. The summed E-state index contributed by atoms with van der Waals surface area (Å²) in [6.07, 6.45) is 0. The number of hydrogen-bond donors (Lipinski definition) is 0. The van der Waals surface area contributed by atoms with Gasteiger partial charge in [-0.15, -0.1) is 13.2 Å². The Kier molecular flexibility index (Phi) is 3.92. The van der Waals surface area contributed by atoms with Gasteiger partial charge < -0.3 is 0 Å². The maximum absolute atomic E-state index is 13.9. The molecule has 0 amide bonds. The highest BCUT2D eigenvalue weighted by Gasteiger charge is 2.54. The summed E-state index contributed by atoms with van der Waals surface area (Å²) >= 11 is 0. The van der Waals surface area contributed by atoms with Crippen LogP contribution < -0.4 is 0 Å². The molecule has 4 heteroatoms. The monoisotopic (exact) mass is 355 g/mol. The van der Waals surface area contributed by atoms with Crippen molar-refractivity contribution in [2.45, 2.75) is 15.3 Å². The van der Waals surface area contributed by atoms with Crippen molar-refractivity contribution in [1.29, 1.82) is 0 Å². The van der Waals surface area contributed by atoms with Crippen molar-refractivity contribution in [3.8, 4) is 0 Å². The molecule has 0 atom stereocenters. The van der Waals surface area contributed by atoms with Gasteiger partial charge >= 0.3 is 5.51 Å². The quantitative estimate of drug-likeness (QED) is 0.358. The van der Waals surface area contributed by atoms with Gasteiger partial charge in [-0.3, -0.25) is 0 Å². The molecule has 0 aliphatic heterocycles. The summed E-state index contributed by atoms with van der Waals surface area (Å²) in [5.41, 5.74) is -4.33. The van der Waals surface area contributed by atoms with Crippen LogP contribution in [0.25, 0.3) is 21.5 Å². The fraction of sp³-hybridized carbons (Fsp3) is 0.0476. The molecule has 0 fully saturated rings. The standard InChI is InChI=1S/C21H14F3S/c22-21(23,24)25(19-11-9-15-5-1-3-7-17(15)13-19)20-12-10-16-6-2-4-8-18(16)14-20/h1-14H/q+1. The van der Waals surface area contributed by atoms with Gasteiger partial charge in [0.15, 0.2) is 20.7 Å². The molecule has 0 saturated carbocycles. The van der Waals surface area contributed by atoms with Gasteiger partial charge in [0.1, 0.15) is 0 Å². The van der Waals surface area contributed by atoms with Crippen molar-refractivity contribution in [1.82, 2.24) is 0 Å². The van der Waals surface area contributed by atoms with Gasteiger partial charge in [0.05, 0.1) is 0 Å². The number of hydrogen-bond acceptors (Lipinski definition) is 0. The van der Waals surface area contributed by atoms with E-state index in [1.807, 2.05) is 48.5 Å². The zero-order valence-electron chi connectivity index (χ0n) is 13.1. The minimum absolute atomic E-state index is 0.293. The molecule has 124 valence electrons. The van der Waals surface area contributed by atoms with Crippen molar-refractivity contribution in [2.75, 3.05) is 0 Å². The van der Waals surface area contributed by atoms with Crippen LogP contribution in [-0.4, -0.2) is 5.51 Å². The zero-order valence-corrected chi connectivity index (χ0v) is 13.9. The number of halogens is 3. The highest BCUT2D eigenvalue weighted by Crippen LogP contribution is 2.40.